The van der Waals surface area contributed by atoms with Crippen LogP contribution in [0, 0.1) is 18.7 Å². The number of halogens is 1. The normalized spacial score (nSPS) is 15.8. The number of carbonyl (C=O) groups excluding carboxylic acids is 1. The molecule has 2 aliphatic rings. The fourth-order valence-corrected chi connectivity index (χ4v) is 4.41. The Hall–Kier alpha value is -3.15. The van der Waals surface area contributed by atoms with Crippen molar-refractivity contribution in [3.63, 3.8) is 0 Å². The molecule has 1 aromatic heterocycles. The second-order valence-corrected chi connectivity index (χ2v) is 9.22. The van der Waals surface area contributed by atoms with Crippen LogP contribution in [-0.2, 0) is 17.8 Å². The average Bonchev–Trinajstić information content (AvgIpc) is 3.54. The van der Waals surface area contributed by atoms with E-state index in [1.807, 2.05) is 31.2 Å². The van der Waals surface area contributed by atoms with Crippen molar-refractivity contribution in [3.05, 3.63) is 71.2 Å². The summed E-state index contributed by atoms with van der Waals surface area (Å²) in [6, 6.07) is 14.4. The van der Waals surface area contributed by atoms with Crippen LogP contribution in [0.25, 0.3) is 5.69 Å². The molecular formula is C27H30FN3O2. The molecule has 1 heterocycles. The molecule has 5 rings (SSSR count). The number of carbonyl (C=O) groups is 1. The molecule has 2 saturated carbocycles. The number of nitrogens with zero attached hydrogens (tertiary/aromatic N) is 3. The largest absolute Gasteiger partial charge is 0.439 e. The maximum absolute atomic E-state index is 13.6. The molecule has 172 valence electrons. The van der Waals surface area contributed by atoms with Crippen LogP contribution in [0.5, 0.6) is 11.6 Å². The predicted molar refractivity (Wildman–Crippen MR) is 125 cm³/mol. The summed E-state index contributed by atoms with van der Waals surface area (Å²) in [6.07, 6.45) is 5.94. The van der Waals surface area contributed by atoms with E-state index in [2.05, 4.69) is 11.8 Å². The van der Waals surface area contributed by atoms with Crippen molar-refractivity contribution in [1.29, 1.82) is 0 Å². The minimum Gasteiger partial charge on any atom is -0.439 e. The fourth-order valence-electron chi connectivity index (χ4n) is 4.41. The minimum atomic E-state index is -0.297. The molecule has 0 unspecified atom stereocenters. The Bertz CT molecular complexity index is 1150. The van der Waals surface area contributed by atoms with Gasteiger partial charge < -0.3 is 9.64 Å². The van der Waals surface area contributed by atoms with Gasteiger partial charge in [-0.3, -0.25) is 4.79 Å². The molecule has 2 aromatic carbocycles. The third-order valence-corrected chi connectivity index (χ3v) is 6.68. The van der Waals surface area contributed by atoms with E-state index in [9.17, 15) is 9.18 Å². The lowest BCUT2D eigenvalue weighted by Crippen LogP contribution is -2.40. The monoisotopic (exact) mass is 447 g/mol. The maximum Gasteiger partial charge on any atom is 0.227 e. The maximum atomic E-state index is 13.6. The second kappa shape index (κ2) is 9.00. The number of ether oxygens (including phenoxy) is 1. The highest BCUT2D eigenvalue weighted by Gasteiger charge is 2.39. The minimum absolute atomic E-state index is 0.156. The van der Waals surface area contributed by atoms with Crippen molar-refractivity contribution in [1.82, 2.24) is 14.7 Å². The van der Waals surface area contributed by atoms with Crippen molar-refractivity contribution in [2.24, 2.45) is 5.92 Å². The average molecular weight is 448 g/mol. The van der Waals surface area contributed by atoms with Crippen LogP contribution in [0.4, 0.5) is 4.39 Å². The van der Waals surface area contributed by atoms with Gasteiger partial charge in [0.1, 0.15) is 11.6 Å². The number of aromatic nitrogens is 2. The number of aryl methyl sites for hydroxylation is 2. The molecule has 1 amide bonds. The molecule has 2 fully saturated rings. The van der Waals surface area contributed by atoms with E-state index >= 15 is 0 Å². The highest BCUT2D eigenvalue weighted by atomic mass is 19.1. The van der Waals surface area contributed by atoms with Gasteiger partial charge in [0.15, 0.2) is 0 Å². The van der Waals surface area contributed by atoms with Crippen LogP contribution in [0.2, 0.25) is 0 Å². The smallest absolute Gasteiger partial charge is 0.227 e. The van der Waals surface area contributed by atoms with Crippen molar-refractivity contribution < 1.29 is 13.9 Å². The Labute approximate surface area is 194 Å². The summed E-state index contributed by atoms with van der Waals surface area (Å²) in [5.41, 5.74) is 3.65. The van der Waals surface area contributed by atoms with Gasteiger partial charge in [-0.15, -0.1) is 0 Å². The first kappa shape index (κ1) is 21.7. The van der Waals surface area contributed by atoms with Crippen LogP contribution in [0.1, 0.15) is 55.8 Å². The van der Waals surface area contributed by atoms with E-state index in [4.69, 9.17) is 9.84 Å². The van der Waals surface area contributed by atoms with Gasteiger partial charge >= 0.3 is 0 Å². The number of hydrogen-bond acceptors (Lipinski definition) is 3. The van der Waals surface area contributed by atoms with E-state index in [0.29, 0.717) is 30.6 Å². The van der Waals surface area contributed by atoms with Gasteiger partial charge in [0, 0.05) is 12.0 Å². The van der Waals surface area contributed by atoms with E-state index in [-0.39, 0.29) is 17.6 Å². The molecule has 2 aliphatic carbocycles. The summed E-state index contributed by atoms with van der Waals surface area (Å²) >= 11 is 0. The molecule has 0 radical (unpaired) electrons. The summed E-state index contributed by atoms with van der Waals surface area (Å²) < 4.78 is 21.8. The topological polar surface area (TPSA) is 47.4 Å². The molecule has 0 bridgehead atoms. The lowest BCUT2D eigenvalue weighted by Gasteiger charge is -2.32. The zero-order chi connectivity index (χ0) is 22.9. The Morgan fingerprint density at radius 2 is 1.91 bits per heavy atom. The summed E-state index contributed by atoms with van der Waals surface area (Å²) in [4.78, 5) is 15.3. The van der Waals surface area contributed by atoms with E-state index < -0.39 is 0 Å². The Morgan fingerprint density at radius 1 is 1.15 bits per heavy atom. The Kier molecular flexibility index (Phi) is 5.92. The first-order valence-electron chi connectivity index (χ1n) is 11.9. The van der Waals surface area contributed by atoms with Gasteiger partial charge in [-0.2, -0.15) is 5.10 Å². The molecule has 0 spiro atoms. The molecule has 5 nitrogen and oxygen atoms in total. The highest BCUT2D eigenvalue weighted by Crippen LogP contribution is 2.38. The van der Waals surface area contributed by atoms with Crippen LogP contribution in [0.3, 0.4) is 0 Å². The van der Waals surface area contributed by atoms with Crippen molar-refractivity contribution in [2.45, 2.75) is 65.0 Å². The number of benzene rings is 2. The van der Waals surface area contributed by atoms with Crippen LogP contribution in [-0.4, -0.2) is 26.6 Å². The third-order valence-electron chi connectivity index (χ3n) is 6.68. The van der Waals surface area contributed by atoms with Crippen molar-refractivity contribution in [3.8, 4) is 17.3 Å². The van der Waals surface area contributed by atoms with Crippen LogP contribution in [0.15, 0.2) is 48.5 Å². The van der Waals surface area contributed by atoms with Gasteiger partial charge in [-0.05, 0) is 81.0 Å². The molecule has 0 N–H and O–H groups in total. The zero-order valence-corrected chi connectivity index (χ0v) is 19.3. The van der Waals surface area contributed by atoms with Crippen molar-refractivity contribution >= 4 is 5.91 Å². The Morgan fingerprint density at radius 3 is 2.52 bits per heavy atom. The van der Waals surface area contributed by atoms with Gasteiger partial charge in [0.25, 0.3) is 0 Å². The molecule has 3 aromatic rings. The van der Waals surface area contributed by atoms with Crippen molar-refractivity contribution in [2.75, 3.05) is 0 Å². The molecular weight excluding hydrogens is 417 g/mol. The van der Waals surface area contributed by atoms with Gasteiger partial charge in [0.2, 0.25) is 11.8 Å². The van der Waals surface area contributed by atoms with E-state index in [1.165, 1.54) is 12.1 Å². The molecule has 33 heavy (non-hydrogen) atoms. The molecule has 0 saturated heterocycles. The summed E-state index contributed by atoms with van der Waals surface area (Å²) in [6.45, 7) is 4.58. The summed E-state index contributed by atoms with van der Waals surface area (Å²) in [5, 5.41) is 4.85. The molecule has 6 heteroatoms. The number of hydrogen-bond donors (Lipinski definition) is 0. The van der Waals surface area contributed by atoms with E-state index in [1.54, 1.807) is 16.8 Å². The zero-order valence-electron chi connectivity index (χ0n) is 19.3. The highest BCUT2D eigenvalue weighted by molar-refractivity contribution is 5.80. The van der Waals surface area contributed by atoms with Gasteiger partial charge in [-0.1, -0.05) is 25.5 Å². The van der Waals surface area contributed by atoms with E-state index in [0.717, 1.165) is 54.6 Å². The van der Waals surface area contributed by atoms with Gasteiger partial charge in [-0.25, -0.2) is 9.07 Å². The quantitative estimate of drug-likeness (QED) is 0.428. The first-order chi connectivity index (χ1) is 16.0. The summed E-state index contributed by atoms with van der Waals surface area (Å²) in [5.74, 6) is 1.43. The molecule has 0 aliphatic heterocycles. The fraction of sp³-hybridized carbons (Fsp3) is 0.407. The first-order valence-corrected chi connectivity index (χ1v) is 11.9. The number of amides is 1. The van der Waals surface area contributed by atoms with Gasteiger partial charge in [0.05, 0.1) is 23.5 Å². The summed E-state index contributed by atoms with van der Waals surface area (Å²) in [7, 11) is 0. The number of rotatable bonds is 8. The second-order valence-electron chi connectivity index (χ2n) is 9.22. The SMILES string of the molecule is CCc1nn(-c2ccc(F)cc2)c(Oc2cccc(C)c2)c1CN(C(=O)C1CCC1)C1CC1. The van der Waals surface area contributed by atoms with Crippen LogP contribution < -0.4 is 4.74 Å². The van der Waals surface area contributed by atoms with Crippen LogP contribution >= 0.6 is 0 Å². The predicted octanol–water partition coefficient (Wildman–Crippen LogP) is 5.97. The third kappa shape index (κ3) is 4.52. The lowest BCUT2D eigenvalue weighted by atomic mass is 9.84. The Balaban J connectivity index is 1.57. The standard InChI is InChI=1S/C27H30FN3O2/c1-3-25-24(17-30(21-14-15-21)26(32)19-7-5-8-19)27(33-23-9-4-6-18(2)16-23)31(29-25)22-12-10-20(28)11-13-22/h4,6,9-13,16,19,21H,3,5,7-8,14-15,17H2,1-2H3. The lowest BCUT2D eigenvalue weighted by molar-refractivity contribution is -0.139. The molecule has 0 atom stereocenters.